The van der Waals surface area contributed by atoms with Crippen LogP contribution in [0.3, 0.4) is 0 Å². The third-order valence-electron chi connectivity index (χ3n) is 3.46. The molecule has 2 nitrogen and oxygen atoms in total. The van der Waals surface area contributed by atoms with Crippen LogP contribution in [0.4, 0.5) is 0 Å². The van der Waals surface area contributed by atoms with Crippen LogP contribution in [0.1, 0.15) is 47.8 Å². The first-order valence-corrected chi connectivity index (χ1v) is 5.86. The second-order valence-corrected chi connectivity index (χ2v) is 4.58. The zero-order valence-corrected chi connectivity index (χ0v) is 9.93. The van der Waals surface area contributed by atoms with Gasteiger partial charge in [0.2, 0.25) is 0 Å². The fourth-order valence-corrected chi connectivity index (χ4v) is 2.21. The lowest BCUT2D eigenvalue weighted by atomic mass is 9.99. The van der Waals surface area contributed by atoms with Crippen molar-refractivity contribution in [2.75, 3.05) is 6.54 Å². The number of pyridine rings is 1. The van der Waals surface area contributed by atoms with Gasteiger partial charge in [-0.15, -0.1) is 0 Å². The Morgan fingerprint density at radius 2 is 2.07 bits per heavy atom. The van der Waals surface area contributed by atoms with Gasteiger partial charge in [0.1, 0.15) is 0 Å². The van der Waals surface area contributed by atoms with E-state index in [2.05, 4.69) is 32.2 Å². The van der Waals surface area contributed by atoms with Gasteiger partial charge in [0.15, 0.2) is 0 Å². The molecule has 1 unspecified atom stereocenters. The highest BCUT2D eigenvalue weighted by Gasteiger charge is 2.16. The Morgan fingerprint density at radius 1 is 1.27 bits per heavy atom. The van der Waals surface area contributed by atoms with Crippen molar-refractivity contribution in [2.45, 2.75) is 46.1 Å². The van der Waals surface area contributed by atoms with Crippen LogP contribution in [0.15, 0.2) is 6.07 Å². The minimum atomic E-state index is 0.483. The van der Waals surface area contributed by atoms with Crippen LogP contribution in [-0.2, 0) is 0 Å². The Balaban J connectivity index is 2.27. The van der Waals surface area contributed by atoms with Crippen LogP contribution in [0.2, 0.25) is 0 Å². The van der Waals surface area contributed by atoms with Crippen LogP contribution in [-0.4, -0.2) is 11.5 Å². The fourth-order valence-electron chi connectivity index (χ4n) is 2.21. The molecule has 1 fully saturated rings. The largest absolute Gasteiger partial charge is 0.309 e. The Labute approximate surface area is 92.1 Å². The molecule has 0 spiro atoms. The molecule has 2 rings (SSSR count). The van der Waals surface area contributed by atoms with Crippen molar-refractivity contribution >= 4 is 0 Å². The van der Waals surface area contributed by atoms with E-state index in [4.69, 9.17) is 4.98 Å². The molecular formula is C13H20N2. The molecule has 2 heterocycles. The third kappa shape index (κ3) is 2.20. The van der Waals surface area contributed by atoms with Gasteiger partial charge in [-0.05, 0) is 57.4 Å². The average Bonchev–Trinajstić information content (AvgIpc) is 2.26. The predicted octanol–water partition coefficient (Wildman–Crippen LogP) is 2.82. The summed E-state index contributed by atoms with van der Waals surface area (Å²) < 4.78 is 0. The monoisotopic (exact) mass is 204 g/mol. The number of hydrogen-bond acceptors (Lipinski definition) is 2. The van der Waals surface area contributed by atoms with Crippen molar-refractivity contribution in [1.82, 2.24) is 10.3 Å². The maximum Gasteiger partial charge on any atom is 0.0579 e. The highest BCUT2D eigenvalue weighted by molar-refractivity contribution is 5.31. The Kier molecular flexibility index (Phi) is 3.06. The van der Waals surface area contributed by atoms with E-state index in [0.29, 0.717) is 6.04 Å². The van der Waals surface area contributed by atoms with Crippen molar-refractivity contribution in [1.29, 1.82) is 0 Å². The summed E-state index contributed by atoms with van der Waals surface area (Å²) in [5, 5.41) is 3.55. The van der Waals surface area contributed by atoms with Gasteiger partial charge < -0.3 is 5.32 Å². The molecule has 82 valence electrons. The Hall–Kier alpha value is -0.890. The molecule has 1 atom stereocenters. The number of hydrogen-bond donors (Lipinski definition) is 1. The highest BCUT2D eigenvalue weighted by atomic mass is 14.9. The second kappa shape index (κ2) is 4.31. The number of aromatic nitrogens is 1. The zero-order chi connectivity index (χ0) is 10.8. The van der Waals surface area contributed by atoms with Gasteiger partial charge in [0, 0.05) is 11.7 Å². The second-order valence-electron chi connectivity index (χ2n) is 4.58. The Morgan fingerprint density at radius 3 is 2.67 bits per heavy atom. The average molecular weight is 204 g/mol. The van der Waals surface area contributed by atoms with Crippen LogP contribution in [0, 0.1) is 20.8 Å². The third-order valence-corrected chi connectivity index (χ3v) is 3.46. The SMILES string of the molecule is Cc1cc(C2CCCCN2)nc(C)c1C. The summed E-state index contributed by atoms with van der Waals surface area (Å²) in [6.45, 7) is 7.57. The maximum atomic E-state index is 4.69. The van der Waals surface area contributed by atoms with Gasteiger partial charge >= 0.3 is 0 Å². The number of piperidine rings is 1. The van der Waals surface area contributed by atoms with Crippen LogP contribution < -0.4 is 5.32 Å². The van der Waals surface area contributed by atoms with Gasteiger partial charge in [-0.1, -0.05) is 6.42 Å². The summed E-state index contributed by atoms with van der Waals surface area (Å²) in [6.07, 6.45) is 3.86. The molecule has 1 aliphatic rings. The summed E-state index contributed by atoms with van der Waals surface area (Å²) in [4.78, 5) is 4.69. The van der Waals surface area contributed by atoms with Gasteiger partial charge in [0.05, 0.1) is 5.69 Å². The molecule has 1 saturated heterocycles. The molecule has 2 heteroatoms. The minimum absolute atomic E-state index is 0.483. The van der Waals surface area contributed by atoms with E-state index >= 15 is 0 Å². The zero-order valence-electron chi connectivity index (χ0n) is 9.93. The van der Waals surface area contributed by atoms with Crippen molar-refractivity contribution in [3.63, 3.8) is 0 Å². The molecule has 1 aromatic rings. The van der Waals surface area contributed by atoms with Crippen molar-refractivity contribution in [2.24, 2.45) is 0 Å². The lowest BCUT2D eigenvalue weighted by Gasteiger charge is -2.24. The predicted molar refractivity (Wildman–Crippen MR) is 63.0 cm³/mol. The smallest absolute Gasteiger partial charge is 0.0579 e. The van der Waals surface area contributed by atoms with E-state index in [1.54, 1.807) is 0 Å². The Bertz CT molecular complexity index is 329. The van der Waals surface area contributed by atoms with Gasteiger partial charge in [-0.3, -0.25) is 4.98 Å². The topological polar surface area (TPSA) is 24.9 Å². The molecule has 0 aromatic carbocycles. The van der Waals surface area contributed by atoms with E-state index in [9.17, 15) is 0 Å². The summed E-state index contributed by atoms with van der Waals surface area (Å²) in [6, 6.07) is 2.72. The molecular weight excluding hydrogens is 184 g/mol. The normalized spacial score (nSPS) is 21.7. The molecule has 1 N–H and O–H groups in total. The molecule has 0 aliphatic carbocycles. The number of aryl methyl sites for hydroxylation is 2. The van der Waals surface area contributed by atoms with Gasteiger partial charge in [-0.2, -0.15) is 0 Å². The summed E-state index contributed by atoms with van der Waals surface area (Å²) in [7, 11) is 0. The molecule has 0 amide bonds. The standard InChI is InChI=1S/C13H20N2/c1-9-8-13(15-11(3)10(9)2)12-6-4-5-7-14-12/h8,12,14H,4-7H2,1-3H3. The van der Waals surface area contributed by atoms with Crippen molar-refractivity contribution in [3.8, 4) is 0 Å². The van der Waals surface area contributed by atoms with Gasteiger partial charge in [0.25, 0.3) is 0 Å². The maximum absolute atomic E-state index is 4.69. The first-order chi connectivity index (χ1) is 7.18. The molecule has 0 saturated carbocycles. The van der Waals surface area contributed by atoms with E-state index in [1.165, 1.54) is 41.8 Å². The van der Waals surface area contributed by atoms with Crippen LogP contribution in [0.5, 0.6) is 0 Å². The van der Waals surface area contributed by atoms with Crippen LogP contribution >= 0.6 is 0 Å². The first-order valence-electron chi connectivity index (χ1n) is 5.86. The first kappa shape index (κ1) is 10.6. The number of nitrogens with one attached hydrogen (secondary N) is 1. The molecule has 1 aromatic heterocycles. The van der Waals surface area contributed by atoms with E-state index in [1.807, 2.05) is 0 Å². The van der Waals surface area contributed by atoms with E-state index in [0.717, 1.165) is 6.54 Å². The highest BCUT2D eigenvalue weighted by Crippen LogP contribution is 2.23. The lowest BCUT2D eigenvalue weighted by molar-refractivity contribution is 0.404. The van der Waals surface area contributed by atoms with Gasteiger partial charge in [-0.25, -0.2) is 0 Å². The van der Waals surface area contributed by atoms with Crippen LogP contribution in [0.25, 0.3) is 0 Å². The van der Waals surface area contributed by atoms with E-state index < -0.39 is 0 Å². The lowest BCUT2D eigenvalue weighted by Crippen LogP contribution is -2.27. The summed E-state index contributed by atoms with van der Waals surface area (Å²) in [5.74, 6) is 0. The fraction of sp³-hybridized carbons (Fsp3) is 0.615. The van der Waals surface area contributed by atoms with Crippen molar-refractivity contribution < 1.29 is 0 Å². The number of nitrogens with zero attached hydrogens (tertiary/aromatic N) is 1. The summed E-state index contributed by atoms with van der Waals surface area (Å²) in [5.41, 5.74) is 5.10. The summed E-state index contributed by atoms with van der Waals surface area (Å²) >= 11 is 0. The quantitative estimate of drug-likeness (QED) is 0.761. The molecule has 0 bridgehead atoms. The van der Waals surface area contributed by atoms with Crippen molar-refractivity contribution in [3.05, 3.63) is 28.6 Å². The number of rotatable bonds is 1. The molecule has 15 heavy (non-hydrogen) atoms. The molecule has 0 radical (unpaired) electrons. The molecule has 1 aliphatic heterocycles. The van der Waals surface area contributed by atoms with E-state index in [-0.39, 0.29) is 0 Å². The minimum Gasteiger partial charge on any atom is -0.309 e.